The summed E-state index contributed by atoms with van der Waals surface area (Å²) < 4.78 is 42.1. The second kappa shape index (κ2) is 9.17. The molecule has 1 aliphatic carbocycles. The molecular formula is C24H26F2N4O3. The molecule has 2 aromatic rings. The van der Waals surface area contributed by atoms with Crippen molar-refractivity contribution < 1.29 is 23.0 Å². The maximum absolute atomic E-state index is 15.1. The van der Waals surface area contributed by atoms with E-state index in [0.717, 1.165) is 22.6 Å². The van der Waals surface area contributed by atoms with Crippen LogP contribution in [0.4, 0.5) is 14.5 Å². The molecule has 1 N–H and O–H groups in total. The zero-order valence-electron chi connectivity index (χ0n) is 18.9. The standard InChI is InChI=1S/C24H26F2N4O3/c1-5-19(31)29-16-12-28-30(6-2)24(16)23-15-8-7-13(9-14(15)11-27-23)20-21(25)17(32-3)10-18(33-4)22(20)26/h5,10,12-13H,1,6-9,11H2,2-4H3,(H,29,31)/t13-/m0/s1. The molecule has 2 aliphatic rings. The molecule has 1 aliphatic heterocycles. The lowest BCUT2D eigenvalue weighted by atomic mass is 9.79. The van der Waals surface area contributed by atoms with Crippen LogP contribution in [-0.4, -0.2) is 42.2 Å². The summed E-state index contributed by atoms with van der Waals surface area (Å²) in [4.78, 5) is 16.6. The summed E-state index contributed by atoms with van der Waals surface area (Å²) in [6, 6.07) is 1.23. The van der Waals surface area contributed by atoms with Crippen molar-refractivity contribution in [2.24, 2.45) is 4.99 Å². The predicted molar refractivity (Wildman–Crippen MR) is 121 cm³/mol. The number of nitrogens with one attached hydrogen (secondary N) is 1. The predicted octanol–water partition coefficient (Wildman–Crippen LogP) is 4.39. The van der Waals surface area contributed by atoms with Crippen LogP contribution < -0.4 is 14.8 Å². The van der Waals surface area contributed by atoms with Crippen molar-refractivity contribution in [3.8, 4) is 11.5 Å². The van der Waals surface area contributed by atoms with Crippen molar-refractivity contribution >= 4 is 17.3 Å². The fraction of sp³-hybridized carbons (Fsp3) is 0.375. The number of rotatable bonds is 7. The molecule has 1 aromatic carbocycles. The quantitative estimate of drug-likeness (QED) is 0.627. The molecule has 1 atom stereocenters. The number of anilines is 1. The molecule has 0 saturated carbocycles. The summed E-state index contributed by atoms with van der Waals surface area (Å²) in [5, 5.41) is 7.16. The van der Waals surface area contributed by atoms with Gasteiger partial charge in [0.25, 0.3) is 0 Å². The molecular weight excluding hydrogens is 430 g/mol. The van der Waals surface area contributed by atoms with E-state index in [2.05, 4.69) is 17.0 Å². The lowest BCUT2D eigenvalue weighted by Crippen LogP contribution is -2.19. The third-order valence-corrected chi connectivity index (χ3v) is 6.20. The number of methoxy groups -OCH3 is 2. The van der Waals surface area contributed by atoms with Gasteiger partial charge < -0.3 is 14.8 Å². The molecule has 2 heterocycles. The number of carbonyl (C=O) groups is 1. The van der Waals surface area contributed by atoms with E-state index in [4.69, 9.17) is 14.5 Å². The SMILES string of the molecule is C=CC(=O)Nc1cnn(CC)c1C1=NCC2=C1CC[C@H](c1c(F)c(OC)cc(OC)c1F)C2. The minimum atomic E-state index is -0.692. The molecule has 0 fully saturated rings. The number of amides is 1. The van der Waals surface area contributed by atoms with E-state index in [1.54, 1.807) is 10.9 Å². The van der Waals surface area contributed by atoms with Crippen LogP contribution in [0.5, 0.6) is 11.5 Å². The van der Waals surface area contributed by atoms with Crippen LogP contribution in [0.1, 0.15) is 43.4 Å². The molecule has 174 valence electrons. The van der Waals surface area contributed by atoms with Gasteiger partial charge in [-0.25, -0.2) is 8.78 Å². The van der Waals surface area contributed by atoms with Crippen molar-refractivity contribution in [2.75, 3.05) is 26.1 Å². The van der Waals surface area contributed by atoms with Crippen LogP contribution in [0.25, 0.3) is 0 Å². The van der Waals surface area contributed by atoms with E-state index in [1.165, 1.54) is 26.4 Å². The zero-order chi connectivity index (χ0) is 23.7. The largest absolute Gasteiger partial charge is 0.494 e. The van der Waals surface area contributed by atoms with Gasteiger partial charge in [-0.1, -0.05) is 6.58 Å². The maximum Gasteiger partial charge on any atom is 0.247 e. The van der Waals surface area contributed by atoms with E-state index in [-0.39, 0.29) is 28.9 Å². The Morgan fingerprint density at radius 3 is 2.61 bits per heavy atom. The highest BCUT2D eigenvalue weighted by Gasteiger charge is 2.35. The summed E-state index contributed by atoms with van der Waals surface area (Å²) in [6.45, 7) is 6.49. The third-order valence-electron chi connectivity index (χ3n) is 6.20. The Labute approximate surface area is 190 Å². The number of ether oxygens (including phenoxy) is 2. The average molecular weight is 456 g/mol. The Balaban J connectivity index is 1.68. The van der Waals surface area contributed by atoms with Gasteiger partial charge in [-0.2, -0.15) is 5.10 Å². The van der Waals surface area contributed by atoms with Gasteiger partial charge in [0, 0.05) is 18.2 Å². The summed E-state index contributed by atoms with van der Waals surface area (Å²) in [5.74, 6) is -2.16. The first-order valence-electron chi connectivity index (χ1n) is 10.8. The highest BCUT2D eigenvalue weighted by Crippen LogP contribution is 2.45. The second-order valence-corrected chi connectivity index (χ2v) is 7.93. The second-order valence-electron chi connectivity index (χ2n) is 7.93. The highest BCUT2D eigenvalue weighted by atomic mass is 19.1. The summed E-state index contributed by atoms with van der Waals surface area (Å²) >= 11 is 0. The monoisotopic (exact) mass is 456 g/mol. The van der Waals surface area contributed by atoms with E-state index >= 15 is 8.78 Å². The average Bonchev–Trinajstić information content (AvgIpc) is 3.42. The van der Waals surface area contributed by atoms with Gasteiger partial charge in [-0.15, -0.1) is 0 Å². The number of carbonyl (C=O) groups excluding carboxylic acids is 1. The molecule has 7 nitrogen and oxygen atoms in total. The lowest BCUT2D eigenvalue weighted by Gasteiger charge is -2.26. The molecule has 1 amide bonds. The van der Waals surface area contributed by atoms with E-state index in [9.17, 15) is 4.79 Å². The number of halogens is 2. The summed E-state index contributed by atoms with van der Waals surface area (Å²) in [6.07, 6.45) is 4.41. The number of hydrogen-bond acceptors (Lipinski definition) is 5. The molecule has 4 rings (SSSR count). The molecule has 0 saturated heterocycles. The van der Waals surface area contributed by atoms with Gasteiger partial charge >= 0.3 is 0 Å². The van der Waals surface area contributed by atoms with E-state index < -0.39 is 11.6 Å². The van der Waals surface area contributed by atoms with Crippen LogP contribution in [0.15, 0.2) is 41.1 Å². The maximum atomic E-state index is 15.1. The number of aryl methyl sites for hydroxylation is 1. The van der Waals surface area contributed by atoms with Gasteiger partial charge in [-0.05, 0) is 49.3 Å². The van der Waals surface area contributed by atoms with Crippen LogP contribution in [0.3, 0.4) is 0 Å². The first kappa shape index (κ1) is 22.7. The first-order valence-corrected chi connectivity index (χ1v) is 10.8. The molecule has 0 spiro atoms. The molecule has 0 bridgehead atoms. The number of aromatic nitrogens is 2. The van der Waals surface area contributed by atoms with Crippen LogP contribution in [-0.2, 0) is 11.3 Å². The number of nitrogens with zero attached hydrogens (tertiary/aromatic N) is 3. The number of hydrogen-bond donors (Lipinski definition) is 1. The van der Waals surface area contributed by atoms with Crippen LogP contribution in [0.2, 0.25) is 0 Å². The van der Waals surface area contributed by atoms with Crippen LogP contribution >= 0.6 is 0 Å². The highest BCUT2D eigenvalue weighted by molar-refractivity contribution is 6.18. The topological polar surface area (TPSA) is 77.7 Å². The van der Waals surface area contributed by atoms with Gasteiger partial charge in [-0.3, -0.25) is 14.5 Å². The fourth-order valence-corrected chi connectivity index (χ4v) is 4.61. The normalized spacial score (nSPS) is 17.5. The van der Waals surface area contributed by atoms with E-state index in [0.29, 0.717) is 38.0 Å². The van der Waals surface area contributed by atoms with Gasteiger partial charge in [0.15, 0.2) is 23.1 Å². The Morgan fingerprint density at radius 2 is 2.00 bits per heavy atom. The van der Waals surface area contributed by atoms with Crippen molar-refractivity contribution in [1.82, 2.24) is 9.78 Å². The molecule has 33 heavy (non-hydrogen) atoms. The Morgan fingerprint density at radius 1 is 1.30 bits per heavy atom. The minimum Gasteiger partial charge on any atom is -0.494 e. The number of aliphatic imine (C=N–C) groups is 1. The van der Waals surface area contributed by atoms with Crippen LogP contribution in [0, 0.1) is 11.6 Å². The molecule has 0 unspecified atom stereocenters. The molecule has 1 aromatic heterocycles. The molecule has 9 heteroatoms. The number of allylic oxidation sites excluding steroid dienone is 1. The van der Waals surface area contributed by atoms with E-state index in [1.807, 2.05) is 6.92 Å². The van der Waals surface area contributed by atoms with Gasteiger partial charge in [0.1, 0.15) is 5.69 Å². The van der Waals surface area contributed by atoms with Gasteiger partial charge in [0.2, 0.25) is 5.91 Å². The zero-order valence-corrected chi connectivity index (χ0v) is 18.9. The molecule has 0 radical (unpaired) electrons. The van der Waals surface area contributed by atoms with Crippen molar-refractivity contribution in [2.45, 2.75) is 38.6 Å². The third kappa shape index (κ3) is 3.92. The fourth-order valence-electron chi connectivity index (χ4n) is 4.61. The lowest BCUT2D eigenvalue weighted by molar-refractivity contribution is -0.111. The summed E-state index contributed by atoms with van der Waals surface area (Å²) in [5.41, 5.74) is 4.13. The Kier molecular flexibility index (Phi) is 6.31. The van der Waals surface area contributed by atoms with Crippen molar-refractivity contribution in [1.29, 1.82) is 0 Å². The summed E-state index contributed by atoms with van der Waals surface area (Å²) in [7, 11) is 2.69. The number of benzene rings is 1. The van der Waals surface area contributed by atoms with Gasteiger partial charge in [0.05, 0.1) is 38.4 Å². The van der Waals surface area contributed by atoms with Crippen molar-refractivity contribution in [3.63, 3.8) is 0 Å². The van der Waals surface area contributed by atoms with Crippen molar-refractivity contribution in [3.05, 3.63) is 59.0 Å². The Bertz CT molecular complexity index is 1150. The smallest absolute Gasteiger partial charge is 0.247 e. The minimum absolute atomic E-state index is 0.0104. The first-order chi connectivity index (χ1) is 15.9. The Hall–Kier alpha value is -3.49.